The van der Waals surface area contributed by atoms with Crippen LogP contribution >= 0.6 is 39.9 Å². The number of nitrogens with one attached hydrogen (secondary N) is 2. The highest BCUT2D eigenvalue weighted by Gasteiger charge is 2.18. The molecule has 4 nitrogen and oxygen atoms in total. The van der Waals surface area contributed by atoms with Gasteiger partial charge in [0.25, 0.3) is 0 Å². The molecule has 0 spiro atoms. The Morgan fingerprint density at radius 2 is 2.00 bits per heavy atom. The Bertz CT molecular complexity index is 468. The summed E-state index contributed by atoms with van der Waals surface area (Å²) in [5.41, 5.74) is 0. The van der Waals surface area contributed by atoms with Crippen molar-refractivity contribution in [3.63, 3.8) is 0 Å². The average Bonchev–Trinajstić information content (AvgIpc) is 2.22. The van der Waals surface area contributed by atoms with E-state index in [2.05, 4.69) is 26.0 Å². The number of likely N-dealkylation sites (N-methyl/N-ethyl adjacent to an activating group) is 1. The standard InChI is InChI=1S/C9H12BrClN2O2S.ClH/c1-12-5-6-13-16(14,15)8-4-2-3-7(11)9(8)10;/h2-4,12-13H,5-6H2,1H3;1H. The molecular weight excluding hydrogens is 351 g/mol. The first-order chi connectivity index (χ1) is 7.49. The van der Waals surface area contributed by atoms with E-state index in [0.29, 0.717) is 22.6 Å². The number of hydrogen-bond acceptors (Lipinski definition) is 3. The third-order valence-corrected chi connectivity index (χ3v) is 5.04. The van der Waals surface area contributed by atoms with Gasteiger partial charge in [-0.1, -0.05) is 17.7 Å². The van der Waals surface area contributed by atoms with Gasteiger partial charge in [0.05, 0.1) is 14.4 Å². The molecule has 98 valence electrons. The summed E-state index contributed by atoms with van der Waals surface area (Å²) < 4.78 is 26.6. The predicted molar refractivity (Wildman–Crippen MR) is 75.5 cm³/mol. The van der Waals surface area contributed by atoms with Crippen LogP contribution in [0.15, 0.2) is 27.6 Å². The Hall–Kier alpha value is 0.150. The third kappa shape index (κ3) is 4.73. The minimum atomic E-state index is -3.51. The summed E-state index contributed by atoms with van der Waals surface area (Å²) in [7, 11) is -1.75. The van der Waals surface area contributed by atoms with Crippen LogP contribution in [0.2, 0.25) is 5.02 Å². The van der Waals surface area contributed by atoms with Crippen LogP contribution in [0.3, 0.4) is 0 Å². The molecule has 8 heteroatoms. The van der Waals surface area contributed by atoms with Crippen molar-refractivity contribution in [2.24, 2.45) is 0 Å². The zero-order chi connectivity index (χ0) is 12.2. The molecule has 1 aromatic carbocycles. The molecule has 0 fully saturated rings. The Morgan fingerprint density at radius 3 is 2.59 bits per heavy atom. The molecular formula is C9H13BrCl2N2O2S. The zero-order valence-corrected chi connectivity index (χ0v) is 13.0. The smallest absolute Gasteiger partial charge is 0.241 e. The Balaban J connectivity index is 0.00000256. The highest BCUT2D eigenvalue weighted by Crippen LogP contribution is 2.28. The van der Waals surface area contributed by atoms with Gasteiger partial charge in [0.2, 0.25) is 10.0 Å². The molecule has 0 radical (unpaired) electrons. The highest BCUT2D eigenvalue weighted by molar-refractivity contribution is 9.10. The number of sulfonamides is 1. The van der Waals surface area contributed by atoms with Crippen molar-refractivity contribution < 1.29 is 8.42 Å². The van der Waals surface area contributed by atoms with E-state index in [9.17, 15) is 8.42 Å². The second-order valence-electron chi connectivity index (χ2n) is 3.05. The van der Waals surface area contributed by atoms with Crippen molar-refractivity contribution in [1.82, 2.24) is 10.0 Å². The van der Waals surface area contributed by atoms with Gasteiger partial charge in [-0.25, -0.2) is 13.1 Å². The van der Waals surface area contributed by atoms with Crippen molar-refractivity contribution >= 4 is 50.0 Å². The molecule has 2 N–H and O–H groups in total. The van der Waals surface area contributed by atoms with Crippen molar-refractivity contribution in [3.05, 3.63) is 27.7 Å². The summed E-state index contributed by atoms with van der Waals surface area (Å²) in [6.07, 6.45) is 0. The van der Waals surface area contributed by atoms with Crippen LogP contribution in [-0.2, 0) is 10.0 Å². The summed E-state index contributed by atoms with van der Waals surface area (Å²) >= 11 is 8.99. The highest BCUT2D eigenvalue weighted by atomic mass is 79.9. The minimum absolute atomic E-state index is 0. The molecule has 0 unspecified atom stereocenters. The third-order valence-electron chi connectivity index (χ3n) is 1.87. The van der Waals surface area contributed by atoms with E-state index in [1.807, 2.05) is 0 Å². The topological polar surface area (TPSA) is 58.2 Å². The molecule has 1 rings (SSSR count). The first-order valence-electron chi connectivity index (χ1n) is 4.57. The summed E-state index contributed by atoms with van der Waals surface area (Å²) in [4.78, 5) is 0.149. The maximum atomic E-state index is 11.9. The fourth-order valence-electron chi connectivity index (χ4n) is 1.08. The van der Waals surface area contributed by atoms with Crippen LogP contribution in [0.1, 0.15) is 0 Å². The molecule has 0 heterocycles. The zero-order valence-electron chi connectivity index (χ0n) is 9.04. The van der Waals surface area contributed by atoms with Crippen LogP contribution in [-0.4, -0.2) is 28.6 Å². The van der Waals surface area contributed by atoms with E-state index in [0.717, 1.165) is 0 Å². The van der Waals surface area contributed by atoms with Gasteiger partial charge in [-0.3, -0.25) is 0 Å². The predicted octanol–water partition coefficient (Wildman–Crippen LogP) is 2.02. The van der Waals surface area contributed by atoms with Gasteiger partial charge >= 0.3 is 0 Å². The SMILES string of the molecule is CNCCNS(=O)(=O)c1cccc(Cl)c1Br.Cl. The van der Waals surface area contributed by atoms with Crippen LogP contribution in [0.25, 0.3) is 0 Å². The number of halogens is 3. The van der Waals surface area contributed by atoms with Crippen molar-refractivity contribution in [3.8, 4) is 0 Å². The number of rotatable bonds is 5. The average molecular weight is 364 g/mol. The lowest BCUT2D eigenvalue weighted by Crippen LogP contribution is -2.30. The lowest BCUT2D eigenvalue weighted by atomic mass is 10.4. The lowest BCUT2D eigenvalue weighted by Gasteiger charge is -2.08. The first-order valence-corrected chi connectivity index (χ1v) is 7.22. The van der Waals surface area contributed by atoms with Gasteiger partial charge < -0.3 is 5.32 Å². The first kappa shape index (κ1) is 17.2. The normalized spacial score (nSPS) is 11.0. The Kier molecular flexibility index (Phi) is 7.62. The minimum Gasteiger partial charge on any atom is -0.318 e. The van der Waals surface area contributed by atoms with Crippen molar-refractivity contribution in [2.45, 2.75) is 4.90 Å². The van der Waals surface area contributed by atoms with E-state index in [1.54, 1.807) is 19.2 Å². The molecule has 0 atom stereocenters. The molecule has 0 aliphatic carbocycles. The summed E-state index contributed by atoms with van der Waals surface area (Å²) in [6.45, 7) is 0.898. The van der Waals surface area contributed by atoms with E-state index >= 15 is 0 Å². The molecule has 0 amide bonds. The molecule has 0 saturated heterocycles. The Morgan fingerprint density at radius 1 is 1.35 bits per heavy atom. The van der Waals surface area contributed by atoms with E-state index in [-0.39, 0.29) is 17.3 Å². The molecule has 17 heavy (non-hydrogen) atoms. The maximum absolute atomic E-state index is 11.9. The number of benzene rings is 1. The van der Waals surface area contributed by atoms with Crippen molar-refractivity contribution in [2.75, 3.05) is 20.1 Å². The summed E-state index contributed by atoms with van der Waals surface area (Å²) in [5.74, 6) is 0. The van der Waals surface area contributed by atoms with Gasteiger partial charge in [0, 0.05) is 13.1 Å². The van der Waals surface area contributed by atoms with Gasteiger partial charge in [0.15, 0.2) is 0 Å². The van der Waals surface area contributed by atoms with E-state index in [4.69, 9.17) is 11.6 Å². The van der Waals surface area contributed by atoms with Crippen LogP contribution in [0, 0.1) is 0 Å². The molecule has 1 aromatic rings. The van der Waals surface area contributed by atoms with E-state index in [1.165, 1.54) is 6.07 Å². The molecule has 0 saturated carbocycles. The fraction of sp³-hybridized carbons (Fsp3) is 0.333. The Labute approximate surface area is 121 Å². The van der Waals surface area contributed by atoms with Crippen molar-refractivity contribution in [1.29, 1.82) is 0 Å². The summed E-state index contributed by atoms with van der Waals surface area (Å²) in [6, 6.07) is 4.72. The summed E-state index contributed by atoms with van der Waals surface area (Å²) in [5, 5.41) is 3.22. The molecule has 0 aliphatic rings. The second kappa shape index (κ2) is 7.56. The molecule has 0 aliphatic heterocycles. The second-order valence-corrected chi connectivity index (χ2v) is 5.99. The van der Waals surface area contributed by atoms with E-state index < -0.39 is 10.0 Å². The largest absolute Gasteiger partial charge is 0.318 e. The number of hydrogen-bond donors (Lipinski definition) is 2. The molecule has 0 bridgehead atoms. The van der Waals surface area contributed by atoms with Crippen LogP contribution < -0.4 is 10.0 Å². The fourth-order valence-corrected chi connectivity index (χ4v) is 3.34. The van der Waals surface area contributed by atoms with Crippen LogP contribution in [0.4, 0.5) is 0 Å². The van der Waals surface area contributed by atoms with Gasteiger partial charge in [0.1, 0.15) is 0 Å². The lowest BCUT2D eigenvalue weighted by molar-refractivity contribution is 0.579. The monoisotopic (exact) mass is 362 g/mol. The quantitative estimate of drug-likeness (QED) is 0.787. The van der Waals surface area contributed by atoms with Gasteiger partial charge in [-0.05, 0) is 35.1 Å². The molecule has 0 aromatic heterocycles. The van der Waals surface area contributed by atoms with Gasteiger partial charge in [-0.2, -0.15) is 0 Å². The van der Waals surface area contributed by atoms with Gasteiger partial charge in [-0.15, -0.1) is 12.4 Å². The van der Waals surface area contributed by atoms with Crippen LogP contribution in [0.5, 0.6) is 0 Å². The maximum Gasteiger partial charge on any atom is 0.241 e.